The van der Waals surface area contributed by atoms with Crippen LogP contribution in [-0.4, -0.2) is 21.9 Å². The molecule has 0 spiro atoms. The quantitative estimate of drug-likeness (QED) is 0.804. The van der Waals surface area contributed by atoms with Crippen molar-refractivity contribution >= 4 is 17.4 Å². The molecule has 4 heteroatoms. The predicted molar refractivity (Wildman–Crippen MR) is 62.4 cm³/mol. The summed E-state index contributed by atoms with van der Waals surface area (Å²) in [6.07, 6.45) is 4.03. The second-order valence-corrected chi connectivity index (χ2v) is 4.86. The van der Waals surface area contributed by atoms with E-state index in [0.29, 0.717) is 11.3 Å². The van der Waals surface area contributed by atoms with Crippen molar-refractivity contribution in [3.63, 3.8) is 0 Å². The minimum Gasteiger partial charge on any atom is -0.369 e. The van der Waals surface area contributed by atoms with Crippen LogP contribution in [0.25, 0.3) is 0 Å². The molecule has 0 aromatic carbocycles. The molecule has 0 bridgehead atoms. The van der Waals surface area contributed by atoms with Crippen molar-refractivity contribution in [2.24, 2.45) is 5.92 Å². The van der Waals surface area contributed by atoms with Gasteiger partial charge in [0.05, 0.1) is 17.6 Å². The Labute approximate surface area is 95.3 Å². The number of anilines is 1. The van der Waals surface area contributed by atoms with Gasteiger partial charge in [-0.3, -0.25) is 4.98 Å². The van der Waals surface area contributed by atoms with Gasteiger partial charge in [0.1, 0.15) is 5.82 Å². The molecule has 3 nitrogen and oxygen atoms in total. The van der Waals surface area contributed by atoms with Crippen molar-refractivity contribution in [3.05, 3.63) is 17.6 Å². The monoisotopic (exact) mass is 225 g/mol. The molecule has 1 N–H and O–H groups in total. The van der Waals surface area contributed by atoms with Gasteiger partial charge in [-0.25, -0.2) is 4.98 Å². The third-order valence-electron chi connectivity index (χ3n) is 2.94. The molecule has 0 saturated heterocycles. The zero-order valence-electron chi connectivity index (χ0n) is 9.13. The van der Waals surface area contributed by atoms with Gasteiger partial charge in [-0.05, 0) is 32.6 Å². The maximum Gasteiger partial charge on any atom is 0.144 e. The topological polar surface area (TPSA) is 37.8 Å². The van der Waals surface area contributed by atoms with E-state index in [0.717, 1.165) is 36.6 Å². The first-order chi connectivity index (χ1) is 7.15. The molecule has 1 saturated carbocycles. The number of alkyl halides is 1. The number of hydrogen-bond donors (Lipinski definition) is 1. The van der Waals surface area contributed by atoms with Crippen molar-refractivity contribution in [3.8, 4) is 0 Å². The fourth-order valence-corrected chi connectivity index (χ4v) is 2.20. The Hall–Kier alpha value is -0.830. The molecule has 0 radical (unpaired) electrons. The van der Waals surface area contributed by atoms with Gasteiger partial charge < -0.3 is 5.32 Å². The minimum atomic E-state index is 0.391. The van der Waals surface area contributed by atoms with E-state index in [1.165, 1.54) is 0 Å². The highest BCUT2D eigenvalue weighted by Crippen LogP contribution is 2.31. The second kappa shape index (κ2) is 4.35. The lowest BCUT2D eigenvalue weighted by molar-refractivity contribution is 0.341. The molecular weight excluding hydrogens is 210 g/mol. The molecular formula is C11H16ClN3. The van der Waals surface area contributed by atoms with E-state index < -0.39 is 0 Å². The fraction of sp³-hybridized carbons (Fsp3) is 0.636. The SMILES string of the molecule is Cc1ncc(NCC2CC(Cl)C2)nc1C. The Morgan fingerprint density at radius 1 is 1.40 bits per heavy atom. The Morgan fingerprint density at radius 3 is 2.73 bits per heavy atom. The number of rotatable bonds is 3. The van der Waals surface area contributed by atoms with Crippen molar-refractivity contribution in [1.29, 1.82) is 0 Å². The smallest absolute Gasteiger partial charge is 0.144 e. The van der Waals surface area contributed by atoms with E-state index in [9.17, 15) is 0 Å². The Bertz CT molecular complexity index is 348. The highest BCUT2D eigenvalue weighted by molar-refractivity contribution is 6.21. The Morgan fingerprint density at radius 2 is 2.13 bits per heavy atom. The highest BCUT2D eigenvalue weighted by Gasteiger charge is 2.26. The summed E-state index contributed by atoms with van der Waals surface area (Å²) in [5.41, 5.74) is 1.98. The Balaban J connectivity index is 1.86. The van der Waals surface area contributed by atoms with Gasteiger partial charge in [-0.15, -0.1) is 11.6 Å². The molecule has 1 aromatic rings. The number of aromatic nitrogens is 2. The molecule has 0 atom stereocenters. The number of aryl methyl sites for hydroxylation is 2. The first-order valence-electron chi connectivity index (χ1n) is 5.33. The van der Waals surface area contributed by atoms with Gasteiger partial charge >= 0.3 is 0 Å². The van der Waals surface area contributed by atoms with Crippen LogP contribution in [0.2, 0.25) is 0 Å². The Kier molecular flexibility index (Phi) is 3.10. The average molecular weight is 226 g/mol. The number of halogens is 1. The summed E-state index contributed by atoms with van der Waals surface area (Å²) < 4.78 is 0. The summed E-state index contributed by atoms with van der Waals surface area (Å²) in [7, 11) is 0. The summed E-state index contributed by atoms with van der Waals surface area (Å²) >= 11 is 5.92. The number of nitrogens with zero attached hydrogens (tertiary/aromatic N) is 2. The lowest BCUT2D eigenvalue weighted by Gasteiger charge is -2.30. The van der Waals surface area contributed by atoms with Gasteiger partial charge in [-0.1, -0.05) is 0 Å². The molecule has 1 aliphatic rings. The average Bonchev–Trinajstić information content (AvgIpc) is 2.16. The summed E-state index contributed by atoms with van der Waals surface area (Å²) in [6.45, 7) is 4.90. The minimum absolute atomic E-state index is 0.391. The van der Waals surface area contributed by atoms with Crippen LogP contribution in [0.5, 0.6) is 0 Å². The van der Waals surface area contributed by atoms with E-state index in [4.69, 9.17) is 11.6 Å². The van der Waals surface area contributed by atoms with Crippen molar-refractivity contribution in [2.45, 2.75) is 32.1 Å². The summed E-state index contributed by atoms with van der Waals surface area (Å²) in [5.74, 6) is 1.58. The molecule has 0 aliphatic heterocycles. The van der Waals surface area contributed by atoms with Gasteiger partial charge in [0.25, 0.3) is 0 Å². The largest absolute Gasteiger partial charge is 0.369 e. The van der Waals surface area contributed by atoms with Gasteiger partial charge in [-0.2, -0.15) is 0 Å². The van der Waals surface area contributed by atoms with Crippen LogP contribution in [0.15, 0.2) is 6.20 Å². The van der Waals surface area contributed by atoms with E-state index in [-0.39, 0.29) is 0 Å². The summed E-state index contributed by atoms with van der Waals surface area (Å²) in [6, 6.07) is 0. The van der Waals surface area contributed by atoms with Crippen LogP contribution in [0, 0.1) is 19.8 Å². The second-order valence-electron chi connectivity index (χ2n) is 4.24. The van der Waals surface area contributed by atoms with Crippen LogP contribution in [0.4, 0.5) is 5.82 Å². The van der Waals surface area contributed by atoms with E-state index >= 15 is 0 Å². The van der Waals surface area contributed by atoms with E-state index in [1.807, 2.05) is 13.8 Å². The molecule has 0 unspecified atom stereocenters. The van der Waals surface area contributed by atoms with Gasteiger partial charge in [0.15, 0.2) is 0 Å². The van der Waals surface area contributed by atoms with E-state index in [2.05, 4.69) is 15.3 Å². The maximum atomic E-state index is 5.92. The molecule has 1 aromatic heterocycles. The van der Waals surface area contributed by atoms with Crippen molar-refractivity contribution < 1.29 is 0 Å². The fourth-order valence-electron chi connectivity index (χ4n) is 1.70. The first kappa shape index (κ1) is 10.7. The lowest BCUT2D eigenvalue weighted by Crippen LogP contribution is -2.30. The van der Waals surface area contributed by atoms with Crippen LogP contribution in [-0.2, 0) is 0 Å². The van der Waals surface area contributed by atoms with Gasteiger partial charge in [0, 0.05) is 11.9 Å². The maximum absolute atomic E-state index is 5.92. The van der Waals surface area contributed by atoms with Crippen LogP contribution in [0.3, 0.4) is 0 Å². The zero-order valence-corrected chi connectivity index (χ0v) is 9.88. The van der Waals surface area contributed by atoms with E-state index in [1.54, 1.807) is 6.20 Å². The van der Waals surface area contributed by atoms with Crippen molar-refractivity contribution in [1.82, 2.24) is 9.97 Å². The molecule has 1 heterocycles. The third kappa shape index (κ3) is 2.59. The molecule has 1 aliphatic carbocycles. The zero-order chi connectivity index (χ0) is 10.8. The van der Waals surface area contributed by atoms with Gasteiger partial charge in [0.2, 0.25) is 0 Å². The summed E-state index contributed by atoms with van der Waals surface area (Å²) in [4.78, 5) is 8.68. The molecule has 2 rings (SSSR count). The molecule has 1 fully saturated rings. The molecule has 15 heavy (non-hydrogen) atoms. The number of hydrogen-bond acceptors (Lipinski definition) is 3. The van der Waals surface area contributed by atoms with Crippen LogP contribution < -0.4 is 5.32 Å². The third-order valence-corrected chi connectivity index (χ3v) is 3.30. The standard InChI is InChI=1S/C11H16ClN3/c1-7-8(2)15-11(6-13-7)14-5-9-3-10(12)4-9/h6,9-10H,3-5H2,1-2H3,(H,14,15). The summed E-state index contributed by atoms with van der Waals surface area (Å²) in [5, 5.41) is 3.69. The highest BCUT2D eigenvalue weighted by atomic mass is 35.5. The normalized spacial score (nSPS) is 24.7. The lowest BCUT2D eigenvalue weighted by atomic mass is 9.85. The van der Waals surface area contributed by atoms with Crippen molar-refractivity contribution in [2.75, 3.05) is 11.9 Å². The molecule has 82 valence electrons. The molecule has 0 amide bonds. The number of nitrogens with one attached hydrogen (secondary N) is 1. The van der Waals surface area contributed by atoms with Crippen LogP contribution >= 0.6 is 11.6 Å². The van der Waals surface area contributed by atoms with Crippen LogP contribution in [0.1, 0.15) is 24.2 Å². The predicted octanol–water partition coefficient (Wildman–Crippen LogP) is 2.52. The first-order valence-corrected chi connectivity index (χ1v) is 5.77.